The van der Waals surface area contributed by atoms with Crippen molar-refractivity contribution in [2.24, 2.45) is 5.92 Å². The monoisotopic (exact) mass is 558 g/mol. The normalized spacial score (nSPS) is 14.8. The molecule has 0 fully saturated rings. The third-order valence-corrected chi connectivity index (χ3v) is 5.30. The predicted molar refractivity (Wildman–Crippen MR) is 97.1 cm³/mol. The molecule has 0 spiro atoms. The quantitative estimate of drug-likeness (QED) is 0.0979. The molecule has 0 saturated heterocycles. The average molecular weight is 558 g/mol. The summed E-state index contributed by atoms with van der Waals surface area (Å²) < 4.78 is 116. The van der Waals surface area contributed by atoms with Crippen LogP contribution in [0.4, 0.5) is 39.5 Å². The molecule has 1 unspecified atom stereocenters. The Balaban J connectivity index is 4.64. The van der Waals surface area contributed by atoms with Crippen LogP contribution in [0.3, 0.4) is 0 Å². The largest absolute Gasteiger partial charge is 0.481 e. The van der Waals surface area contributed by atoms with Gasteiger partial charge in [0.05, 0.1) is 5.92 Å². The minimum Gasteiger partial charge on any atom is -0.481 e. The maximum Gasteiger partial charge on any atom is 0.460 e. The molecule has 1 atom stereocenters. The zero-order valence-corrected chi connectivity index (χ0v) is 17.6. The Kier molecular flexibility index (Phi) is 11.6. The maximum absolute atomic E-state index is 13.5. The molecule has 12 heteroatoms. The van der Waals surface area contributed by atoms with Crippen molar-refractivity contribution in [1.82, 2.24) is 0 Å². The van der Waals surface area contributed by atoms with Crippen molar-refractivity contribution < 1.29 is 49.4 Å². The molecular formula is C17H24F9IO2. The van der Waals surface area contributed by atoms with E-state index in [1.54, 1.807) is 0 Å². The van der Waals surface area contributed by atoms with Gasteiger partial charge >= 0.3 is 29.9 Å². The Labute approximate surface area is 176 Å². The summed E-state index contributed by atoms with van der Waals surface area (Å²) in [6, 6.07) is 0. The Hall–Kier alpha value is -0.430. The molecule has 0 aliphatic rings. The Bertz CT molecular complexity index is 496. The predicted octanol–water partition coefficient (Wildman–Crippen LogP) is 7.49. The second-order valence-electron chi connectivity index (χ2n) is 6.88. The van der Waals surface area contributed by atoms with E-state index in [2.05, 4.69) is 22.6 Å². The highest BCUT2D eigenvalue weighted by Crippen LogP contribution is 2.54. The zero-order chi connectivity index (χ0) is 22.9. The summed E-state index contributed by atoms with van der Waals surface area (Å²) in [7, 11) is 0. The van der Waals surface area contributed by atoms with Crippen LogP contribution in [-0.4, -0.2) is 39.4 Å². The summed E-state index contributed by atoms with van der Waals surface area (Å²) in [5.41, 5.74) is 0. The molecule has 0 aromatic heterocycles. The van der Waals surface area contributed by atoms with E-state index in [1.165, 1.54) is 0 Å². The second kappa shape index (κ2) is 11.8. The van der Waals surface area contributed by atoms with Crippen LogP contribution in [0.2, 0.25) is 0 Å². The Morgan fingerprint density at radius 3 is 1.62 bits per heavy atom. The molecule has 0 amide bonds. The fraction of sp³-hybridized carbons (Fsp3) is 0.941. The second-order valence-corrected chi connectivity index (χ2v) is 7.96. The standard InChI is InChI=1S/C17H24F9IO2/c18-14(19,15(20,21)16(22,23)17(24,25)26)10-7-9-12(13(28)29)8-5-3-1-2-4-6-11-27/h12H,1-11H2,(H,28,29). The van der Waals surface area contributed by atoms with Crippen molar-refractivity contribution in [3.05, 3.63) is 0 Å². The molecule has 29 heavy (non-hydrogen) atoms. The number of aliphatic carboxylic acids is 1. The Morgan fingerprint density at radius 1 is 0.724 bits per heavy atom. The summed E-state index contributed by atoms with van der Waals surface area (Å²) in [6.07, 6.45) is -5.15. The first kappa shape index (κ1) is 28.6. The first-order valence-corrected chi connectivity index (χ1v) is 10.6. The van der Waals surface area contributed by atoms with Gasteiger partial charge < -0.3 is 5.11 Å². The van der Waals surface area contributed by atoms with E-state index in [4.69, 9.17) is 5.11 Å². The van der Waals surface area contributed by atoms with Gasteiger partial charge in [0.15, 0.2) is 0 Å². The van der Waals surface area contributed by atoms with Gasteiger partial charge in [-0.15, -0.1) is 0 Å². The van der Waals surface area contributed by atoms with Crippen LogP contribution in [0, 0.1) is 5.92 Å². The highest BCUT2D eigenvalue weighted by molar-refractivity contribution is 14.1. The lowest BCUT2D eigenvalue weighted by Crippen LogP contribution is -2.60. The highest BCUT2D eigenvalue weighted by atomic mass is 127. The van der Waals surface area contributed by atoms with Gasteiger partial charge in [-0.2, -0.15) is 39.5 Å². The molecule has 0 heterocycles. The summed E-state index contributed by atoms with van der Waals surface area (Å²) in [5, 5.41) is 9.07. The first-order valence-electron chi connectivity index (χ1n) is 9.10. The minimum atomic E-state index is -6.91. The van der Waals surface area contributed by atoms with Crippen LogP contribution in [0.5, 0.6) is 0 Å². The number of alkyl halides is 10. The minimum absolute atomic E-state index is 0.0856. The SMILES string of the molecule is O=C(O)C(CCCCCCCCI)CCCC(F)(F)C(F)(F)C(F)(F)C(F)(F)F. The number of unbranched alkanes of at least 4 members (excludes halogenated alkanes) is 5. The molecule has 0 rings (SSSR count). The smallest absolute Gasteiger partial charge is 0.460 e. The van der Waals surface area contributed by atoms with Gasteiger partial charge in [0.25, 0.3) is 0 Å². The maximum atomic E-state index is 13.5. The van der Waals surface area contributed by atoms with Gasteiger partial charge in [0.2, 0.25) is 0 Å². The lowest BCUT2D eigenvalue weighted by Gasteiger charge is -2.33. The number of rotatable bonds is 15. The fourth-order valence-corrected chi connectivity index (χ4v) is 3.26. The van der Waals surface area contributed by atoms with Crippen LogP contribution in [0.1, 0.15) is 64.2 Å². The molecule has 0 radical (unpaired) electrons. The average Bonchev–Trinajstić information content (AvgIpc) is 2.57. The van der Waals surface area contributed by atoms with Gasteiger partial charge in [-0.05, 0) is 30.1 Å². The van der Waals surface area contributed by atoms with E-state index in [0.29, 0.717) is 12.8 Å². The lowest BCUT2D eigenvalue weighted by molar-refractivity contribution is -0.396. The summed E-state index contributed by atoms with van der Waals surface area (Å²) in [4.78, 5) is 11.1. The third-order valence-electron chi connectivity index (χ3n) is 4.54. The van der Waals surface area contributed by atoms with E-state index in [9.17, 15) is 44.3 Å². The van der Waals surface area contributed by atoms with Crippen molar-refractivity contribution in [1.29, 1.82) is 0 Å². The first-order chi connectivity index (χ1) is 13.1. The van der Waals surface area contributed by atoms with Crippen LogP contribution in [0.15, 0.2) is 0 Å². The van der Waals surface area contributed by atoms with Crippen LogP contribution < -0.4 is 0 Å². The molecule has 2 nitrogen and oxygen atoms in total. The third kappa shape index (κ3) is 8.31. The molecule has 0 saturated carbocycles. The molecule has 0 aromatic carbocycles. The van der Waals surface area contributed by atoms with Crippen molar-refractivity contribution in [3.63, 3.8) is 0 Å². The highest BCUT2D eigenvalue weighted by Gasteiger charge is 2.81. The molecular weight excluding hydrogens is 534 g/mol. The number of hydrogen-bond donors (Lipinski definition) is 1. The summed E-state index contributed by atoms with van der Waals surface area (Å²) in [6.45, 7) is 0. The fourth-order valence-electron chi connectivity index (χ4n) is 2.72. The van der Waals surface area contributed by atoms with E-state index in [1.807, 2.05) is 0 Å². The van der Waals surface area contributed by atoms with Crippen molar-refractivity contribution in [3.8, 4) is 0 Å². The number of carboxylic acid groups (broad SMARTS) is 1. The summed E-state index contributed by atoms with van der Waals surface area (Å²) >= 11 is 2.24. The molecule has 174 valence electrons. The van der Waals surface area contributed by atoms with E-state index < -0.39 is 55.1 Å². The van der Waals surface area contributed by atoms with E-state index >= 15 is 0 Å². The topological polar surface area (TPSA) is 37.3 Å². The van der Waals surface area contributed by atoms with Crippen LogP contribution >= 0.6 is 22.6 Å². The van der Waals surface area contributed by atoms with E-state index in [0.717, 1.165) is 30.1 Å². The van der Waals surface area contributed by atoms with Gasteiger partial charge in [-0.25, -0.2) is 0 Å². The molecule has 0 bridgehead atoms. The molecule has 0 aliphatic carbocycles. The van der Waals surface area contributed by atoms with Crippen molar-refractivity contribution >= 4 is 28.6 Å². The lowest BCUT2D eigenvalue weighted by atomic mass is 9.92. The molecule has 1 N–H and O–H groups in total. The Morgan fingerprint density at radius 2 is 1.17 bits per heavy atom. The van der Waals surface area contributed by atoms with Gasteiger partial charge in [0, 0.05) is 6.42 Å². The number of carboxylic acids is 1. The van der Waals surface area contributed by atoms with Crippen LogP contribution in [0.25, 0.3) is 0 Å². The number of carbonyl (C=O) groups is 1. The molecule has 0 aromatic rings. The molecule has 0 aliphatic heterocycles. The summed E-state index contributed by atoms with van der Waals surface area (Å²) in [5.74, 6) is -21.7. The number of halogens is 10. The van der Waals surface area contributed by atoms with Gasteiger partial charge in [-0.3, -0.25) is 4.79 Å². The van der Waals surface area contributed by atoms with Gasteiger partial charge in [0.1, 0.15) is 0 Å². The number of hydrogen-bond acceptors (Lipinski definition) is 1. The van der Waals surface area contributed by atoms with Crippen molar-refractivity contribution in [2.75, 3.05) is 4.43 Å². The van der Waals surface area contributed by atoms with E-state index in [-0.39, 0.29) is 6.42 Å². The zero-order valence-electron chi connectivity index (χ0n) is 15.5. The van der Waals surface area contributed by atoms with Crippen LogP contribution in [-0.2, 0) is 4.79 Å². The van der Waals surface area contributed by atoms with Crippen molar-refractivity contribution in [2.45, 2.75) is 88.2 Å². The van der Waals surface area contributed by atoms with Gasteiger partial charge in [-0.1, -0.05) is 54.7 Å².